The topological polar surface area (TPSA) is 54.0 Å². The number of benzene rings is 1. The average molecular weight is 255 g/mol. The minimum absolute atomic E-state index is 0.205. The molecule has 2 rings (SSSR count). The van der Waals surface area contributed by atoms with Crippen molar-refractivity contribution in [2.45, 2.75) is 13.8 Å². The molecule has 1 amide bonds. The third-order valence-corrected chi connectivity index (χ3v) is 2.87. The standard InChI is InChI=1S/C15H17N3O/c1-10-7-8-12(11(2)9-10)18-15(19)13-5-4-6-14(16-3)17-13/h4-9H,1-3H3,(H,16,17)(H,18,19). The van der Waals surface area contributed by atoms with Gasteiger partial charge in [0.05, 0.1) is 0 Å². The van der Waals surface area contributed by atoms with Crippen LogP contribution in [0.15, 0.2) is 36.4 Å². The summed E-state index contributed by atoms with van der Waals surface area (Å²) >= 11 is 0. The number of carbonyl (C=O) groups is 1. The van der Waals surface area contributed by atoms with Crippen LogP contribution in [0, 0.1) is 13.8 Å². The second-order valence-corrected chi connectivity index (χ2v) is 4.43. The number of aryl methyl sites for hydroxylation is 2. The summed E-state index contributed by atoms with van der Waals surface area (Å²) in [6.07, 6.45) is 0. The highest BCUT2D eigenvalue weighted by molar-refractivity contribution is 6.03. The molecule has 4 heteroatoms. The molecule has 0 radical (unpaired) electrons. The summed E-state index contributed by atoms with van der Waals surface area (Å²) in [4.78, 5) is 16.3. The SMILES string of the molecule is CNc1cccc(C(=O)Nc2ccc(C)cc2C)n1. The first kappa shape index (κ1) is 13.1. The van der Waals surface area contributed by atoms with Crippen LogP contribution in [-0.2, 0) is 0 Å². The Morgan fingerprint density at radius 1 is 1.16 bits per heavy atom. The highest BCUT2D eigenvalue weighted by Gasteiger charge is 2.09. The summed E-state index contributed by atoms with van der Waals surface area (Å²) in [6.45, 7) is 4.00. The molecule has 0 aliphatic rings. The molecule has 0 spiro atoms. The molecule has 0 atom stereocenters. The van der Waals surface area contributed by atoms with Gasteiger partial charge in [-0.25, -0.2) is 4.98 Å². The quantitative estimate of drug-likeness (QED) is 0.886. The molecular formula is C15H17N3O. The lowest BCUT2D eigenvalue weighted by Crippen LogP contribution is -2.15. The number of hydrogen-bond acceptors (Lipinski definition) is 3. The fraction of sp³-hybridized carbons (Fsp3) is 0.200. The van der Waals surface area contributed by atoms with Crippen molar-refractivity contribution in [3.8, 4) is 0 Å². The maximum Gasteiger partial charge on any atom is 0.274 e. The predicted molar refractivity (Wildman–Crippen MR) is 77.7 cm³/mol. The highest BCUT2D eigenvalue weighted by Crippen LogP contribution is 2.17. The molecule has 2 N–H and O–H groups in total. The van der Waals surface area contributed by atoms with Crippen molar-refractivity contribution in [2.24, 2.45) is 0 Å². The molecule has 0 aliphatic carbocycles. The third kappa shape index (κ3) is 3.10. The summed E-state index contributed by atoms with van der Waals surface area (Å²) in [7, 11) is 1.77. The molecule has 4 nitrogen and oxygen atoms in total. The van der Waals surface area contributed by atoms with Crippen LogP contribution in [-0.4, -0.2) is 17.9 Å². The van der Waals surface area contributed by atoms with Gasteiger partial charge in [-0.2, -0.15) is 0 Å². The van der Waals surface area contributed by atoms with Crippen molar-refractivity contribution >= 4 is 17.4 Å². The van der Waals surface area contributed by atoms with Crippen LogP contribution in [0.1, 0.15) is 21.6 Å². The zero-order valence-corrected chi connectivity index (χ0v) is 11.3. The summed E-state index contributed by atoms with van der Waals surface area (Å²) in [5.41, 5.74) is 3.42. The van der Waals surface area contributed by atoms with E-state index < -0.39 is 0 Å². The molecule has 0 saturated carbocycles. The van der Waals surface area contributed by atoms with E-state index in [1.165, 1.54) is 5.56 Å². The van der Waals surface area contributed by atoms with Gasteiger partial charge in [0.25, 0.3) is 5.91 Å². The Bertz CT molecular complexity index is 608. The van der Waals surface area contributed by atoms with Crippen molar-refractivity contribution < 1.29 is 4.79 Å². The monoisotopic (exact) mass is 255 g/mol. The summed E-state index contributed by atoms with van der Waals surface area (Å²) in [6, 6.07) is 11.2. The van der Waals surface area contributed by atoms with Crippen LogP contribution in [0.4, 0.5) is 11.5 Å². The number of pyridine rings is 1. The van der Waals surface area contributed by atoms with Crippen LogP contribution < -0.4 is 10.6 Å². The Morgan fingerprint density at radius 2 is 1.95 bits per heavy atom. The van der Waals surface area contributed by atoms with E-state index in [4.69, 9.17) is 0 Å². The molecule has 0 fully saturated rings. The highest BCUT2D eigenvalue weighted by atomic mass is 16.1. The fourth-order valence-corrected chi connectivity index (χ4v) is 1.84. The summed E-state index contributed by atoms with van der Waals surface area (Å²) < 4.78 is 0. The Balaban J connectivity index is 2.20. The Kier molecular flexibility index (Phi) is 3.80. The molecule has 1 aromatic heterocycles. The zero-order valence-electron chi connectivity index (χ0n) is 11.3. The van der Waals surface area contributed by atoms with Gasteiger partial charge in [0.15, 0.2) is 0 Å². The average Bonchev–Trinajstić information content (AvgIpc) is 2.42. The van der Waals surface area contributed by atoms with Crippen LogP contribution in [0.5, 0.6) is 0 Å². The minimum atomic E-state index is -0.205. The molecular weight excluding hydrogens is 238 g/mol. The van der Waals surface area contributed by atoms with Crippen LogP contribution in [0.3, 0.4) is 0 Å². The van der Waals surface area contributed by atoms with Crippen molar-refractivity contribution in [3.05, 3.63) is 53.2 Å². The Labute approximate surface area is 112 Å². The van der Waals surface area contributed by atoms with Gasteiger partial charge in [-0.05, 0) is 37.6 Å². The van der Waals surface area contributed by atoms with Gasteiger partial charge in [-0.3, -0.25) is 4.79 Å². The van der Waals surface area contributed by atoms with E-state index in [1.54, 1.807) is 19.2 Å². The van der Waals surface area contributed by atoms with Crippen LogP contribution >= 0.6 is 0 Å². The van der Waals surface area contributed by atoms with Crippen LogP contribution in [0.25, 0.3) is 0 Å². The van der Waals surface area contributed by atoms with Crippen molar-refractivity contribution in [1.82, 2.24) is 4.98 Å². The van der Waals surface area contributed by atoms with E-state index in [-0.39, 0.29) is 5.91 Å². The number of nitrogens with one attached hydrogen (secondary N) is 2. The smallest absolute Gasteiger partial charge is 0.274 e. The molecule has 1 heterocycles. The zero-order chi connectivity index (χ0) is 13.8. The number of nitrogens with zero attached hydrogens (tertiary/aromatic N) is 1. The van der Waals surface area contributed by atoms with E-state index in [9.17, 15) is 4.79 Å². The van der Waals surface area contributed by atoms with Crippen LogP contribution in [0.2, 0.25) is 0 Å². The Hall–Kier alpha value is -2.36. The van der Waals surface area contributed by atoms with Gasteiger partial charge in [0.2, 0.25) is 0 Å². The number of aromatic nitrogens is 1. The maximum absolute atomic E-state index is 12.1. The van der Waals surface area contributed by atoms with E-state index in [2.05, 4.69) is 15.6 Å². The second-order valence-electron chi connectivity index (χ2n) is 4.43. The summed E-state index contributed by atoms with van der Waals surface area (Å²) in [5, 5.41) is 5.79. The van der Waals surface area contributed by atoms with Gasteiger partial charge in [-0.15, -0.1) is 0 Å². The number of hydrogen-bond donors (Lipinski definition) is 2. The first-order chi connectivity index (χ1) is 9.10. The lowest BCUT2D eigenvalue weighted by Gasteiger charge is -2.09. The normalized spacial score (nSPS) is 10.1. The van der Waals surface area contributed by atoms with Crippen molar-refractivity contribution in [3.63, 3.8) is 0 Å². The van der Waals surface area contributed by atoms with Gasteiger partial charge in [0, 0.05) is 12.7 Å². The second kappa shape index (κ2) is 5.52. The first-order valence-corrected chi connectivity index (χ1v) is 6.13. The van der Waals surface area contributed by atoms with E-state index in [0.29, 0.717) is 11.5 Å². The van der Waals surface area contributed by atoms with Crippen molar-refractivity contribution in [2.75, 3.05) is 17.7 Å². The summed E-state index contributed by atoms with van der Waals surface area (Å²) in [5.74, 6) is 0.470. The Morgan fingerprint density at radius 3 is 2.63 bits per heavy atom. The molecule has 19 heavy (non-hydrogen) atoms. The number of amides is 1. The first-order valence-electron chi connectivity index (χ1n) is 6.13. The lowest BCUT2D eigenvalue weighted by molar-refractivity contribution is 0.102. The molecule has 0 saturated heterocycles. The van der Waals surface area contributed by atoms with Crippen molar-refractivity contribution in [1.29, 1.82) is 0 Å². The van der Waals surface area contributed by atoms with E-state index in [0.717, 1.165) is 11.3 Å². The molecule has 98 valence electrons. The minimum Gasteiger partial charge on any atom is -0.373 e. The largest absolute Gasteiger partial charge is 0.373 e. The molecule has 1 aromatic carbocycles. The predicted octanol–water partition coefficient (Wildman–Crippen LogP) is 2.99. The van der Waals surface area contributed by atoms with E-state index >= 15 is 0 Å². The number of rotatable bonds is 3. The van der Waals surface area contributed by atoms with Gasteiger partial charge < -0.3 is 10.6 Å². The van der Waals surface area contributed by atoms with Gasteiger partial charge in [-0.1, -0.05) is 23.8 Å². The molecule has 2 aromatic rings. The van der Waals surface area contributed by atoms with Gasteiger partial charge >= 0.3 is 0 Å². The third-order valence-electron chi connectivity index (χ3n) is 2.87. The maximum atomic E-state index is 12.1. The molecule has 0 bridgehead atoms. The molecule has 0 unspecified atom stereocenters. The fourth-order valence-electron chi connectivity index (χ4n) is 1.84. The van der Waals surface area contributed by atoms with E-state index in [1.807, 2.05) is 38.1 Å². The number of carbonyl (C=O) groups excluding carboxylic acids is 1. The lowest BCUT2D eigenvalue weighted by atomic mass is 10.1. The number of anilines is 2. The van der Waals surface area contributed by atoms with Gasteiger partial charge in [0.1, 0.15) is 11.5 Å². The molecule has 0 aliphatic heterocycles.